The lowest BCUT2D eigenvalue weighted by Gasteiger charge is -2.42. The van der Waals surface area contributed by atoms with E-state index in [0.717, 1.165) is 0 Å². The summed E-state index contributed by atoms with van der Waals surface area (Å²) in [4.78, 5) is 0. The molecule has 0 radical (unpaired) electrons. The van der Waals surface area contributed by atoms with Crippen molar-refractivity contribution in [3.63, 3.8) is 0 Å². The lowest BCUT2D eigenvalue weighted by Crippen LogP contribution is -2.52. The summed E-state index contributed by atoms with van der Waals surface area (Å²) in [5, 5.41) is 9.41. The Labute approximate surface area is 80.5 Å². The first kappa shape index (κ1) is 11.0. The van der Waals surface area contributed by atoms with Gasteiger partial charge in [0, 0.05) is 6.61 Å². The van der Waals surface area contributed by atoms with Crippen molar-refractivity contribution in [2.75, 3.05) is 13.1 Å². The van der Waals surface area contributed by atoms with Crippen LogP contribution in [0.25, 0.3) is 0 Å². The van der Waals surface area contributed by atoms with E-state index in [1.807, 2.05) is 27.7 Å². The van der Waals surface area contributed by atoms with E-state index < -0.39 is 6.92 Å². The fourth-order valence-electron chi connectivity index (χ4n) is 1.19. The van der Waals surface area contributed by atoms with E-state index in [1.54, 1.807) is 0 Å². The van der Waals surface area contributed by atoms with Gasteiger partial charge < -0.3 is 14.5 Å². The molecule has 0 atom stereocenters. The van der Waals surface area contributed by atoms with Gasteiger partial charge in [-0.2, -0.15) is 0 Å². The minimum atomic E-state index is -0.393. The Morgan fingerprint density at radius 1 is 1.08 bits per heavy atom. The van der Waals surface area contributed by atoms with Crippen LogP contribution in [-0.4, -0.2) is 36.3 Å². The molecule has 1 aliphatic rings. The highest BCUT2D eigenvalue weighted by atomic mass is 16.6. The molecular formula is C9H19BO3. The molecule has 0 aromatic rings. The molecule has 0 aromatic carbocycles. The van der Waals surface area contributed by atoms with Crippen molar-refractivity contribution in [1.29, 1.82) is 0 Å². The summed E-state index contributed by atoms with van der Waals surface area (Å²) in [5.74, 6) is 0. The topological polar surface area (TPSA) is 38.7 Å². The fourth-order valence-corrected chi connectivity index (χ4v) is 1.19. The van der Waals surface area contributed by atoms with E-state index in [4.69, 9.17) is 9.47 Å². The zero-order chi connectivity index (χ0) is 10.1. The maximum Gasteiger partial charge on any atom is 0.318 e. The number of rotatable bonds is 0. The van der Waals surface area contributed by atoms with E-state index in [2.05, 4.69) is 0 Å². The van der Waals surface area contributed by atoms with Crippen LogP contribution in [-0.2, 0) is 9.47 Å². The molecule has 1 saturated heterocycles. The Morgan fingerprint density at radius 2 is 1.62 bits per heavy atom. The van der Waals surface area contributed by atoms with Gasteiger partial charge in [0.1, 0.15) is 0 Å². The molecule has 13 heavy (non-hydrogen) atoms. The van der Waals surface area contributed by atoms with Crippen LogP contribution in [0.5, 0.6) is 0 Å². The van der Waals surface area contributed by atoms with Crippen molar-refractivity contribution in [2.45, 2.75) is 45.2 Å². The van der Waals surface area contributed by atoms with Crippen LogP contribution < -0.4 is 0 Å². The maximum absolute atomic E-state index is 9.41. The summed E-state index contributed by atoms with van der Waals surface area (Å²) in [6, 6.07) is 0. The van der Waals surface area contributed by atoms with Crippen molar-refractivity contribution in [3.05, 3.63) is 0 Å². The first-order chi connectivity index (χ1) is 5.85. The summed E-state index contributed by atoms with van der Waals surface area (Å²) < 4.78 is 11.3. The standard InChI is InChI=1S/C9H19BO3/c1-8(2)9(3,4)13-7-10(11)5-6-12-8/h11H,5-7H2,1-4H3. The molecular weight excluding hydrogens is 167 g/mol. The van der Waals surface area contributed by atoms with Gasteiger partial charge >= 0.3 is 6.92 Å². The normalized spacial score (nSPS) is 27.9. The number of hydrogen-bond donors (Lipinski definition) is 1. The van der Waals surface area contributed by atoms with Crippen molar-refractivity contribution in [3.8, 4) is 0 Å². The average Bonchev–Trinajstić information content (AvgIpc) is 1.99. The largest absolute Gasteiger partial charge is 0.448 e. The van der Waals surface area contributed by atoms with Crippen LogP contribution >= 0.6 is 0 Å². The molecule has 0 aliphatic carbocycles. The van der Waals surface area contributed by atoms with Gasteiger partial charge in [0.05, 0.1) is 17.7 Å². The van der Waals surface area contributed by atoms with Crippen molar-refractivity contribution in [1.82, 2.24) is 0 Å². The Balaban J connectivity index is 2.68. The average molecular weight is 186 g/mol. The zero-order valence-electron chi connectivity index (χ0n) is 8.96. The van der Waals surface area contributed by atoms with E-state index in [0.29, 0.717) is 19.4 Å². The highest BCUT2D eigenvalue weighted by molar-refractivity contribution is 6.50. The van der Waals surface area contributed by atoms with Crippen LogP contribution in [0.3, 0.4) is 0 Å². The Morgan fingerprint density at radius 3 is 2.23 bits per heavy atom. The van der Waals surface area contributed by atoms with Crippen molar-refractivity contribution >= 4 is 6.92 Å². The monoisotopic (exact) mass is 186 g/mol. The second-order valence-corrected chi connectivity index (χ2v) is 4.62. The first-order valence-electron chi connectivity index (χ1n) is 4.81. The van der Waals surface area contributed by atoms with Gasteiger partial charge in [-0.3, -0.25) is 0 Å². The molecule has 1 rings (SSSR count). The van der Waals surface area contributed by atoms with Gasteiger partial charge in [0.15, 0.2) is 0 Å². The SMILES string of the molecule is CC1(C)OCCB(O)COC1(C)C. The van der Waals surface area contributed by atoms with Crippen molar-refractivity contribution < 1.29 is 14.5 Å². The zero-order valence-corrected chi connectivity index (χ0v) is 8.96. The summed E-state index contributed by atoms with van der Waals surface area (Å²) in [6.45, 7) is 8.63. The molecule has 0 bridgehead atoms. The van der Waals surface area contributed by atoms with Crippen LogP contribution in [0.2, 0.25) is 6.32 Å². The van der Waals surface area contributed by atoms with E-state index in [-0.39, 0.29) is 11.2 Å². The van der Waals surface area contributed by atoms with Gasteiger partial charge in [-0.15, -0.1) is 0 Å². The van der Waals surface area contributed by atoms with E-state index >= 15 is 0 Å². The second kappa shape index (κ2) is 3.60. The molecule has 0 amide bonds. The summed E-state index contributed by atoms with van der Waals surface area (Å²) in [6.07, 6.45) is 0.652. The minimum absolute atomic E-state index is 0.298. The molecule has 0 unspecified atom stereocenters. The van der Waals surface area contributed by atoms with Crippen LogP contribution in [0, 0.1) is 0 Å². The third-order valence-electron chi connectivity index (χ3n) is 3.00. The first-order valence-corrected chi connectivity index (χ1v) is 4.81. The highest BCUT2D eigenvalue weighted by Gasteiger charge is 2.41. The van der Waals surface area contributed by atoms with Crippen molar-refractivity contribution in [2.24, 2.45) is 0 Å². The third-order valence-corrected chi connectivity index (χ3v) is 3.00. The van der Waals surface area contributed by atoms with Gasteiger partial charge in [-0.05, 0) is 34.0 Å². The van der Waals surface area contributed by atoms with E-state index in [1.165, 1.54) is 0 Å². The summed E-state index contributed by atoms with van der Waals surface area (Å²) >= 11 is 0. The molecule has 1 fully saturated rings. The molecule has 1 aliphatic heterocycles. The van der Waals surface area contributed by atoms with Gasteiger partial charge in [-0.1, -0.05) is 0 Å². The van der Waals surface area contributed by atoms with Crippen LogP contribution in [0.4, 0.5) is 0 Å². The predicted molar refractivity (Wildman–Crippen MR) is 52.8 cm³/mol. The minimum Gasteiger partial charge on any atom is -0.448 e. The lowest BCUT2D eigenvalue weighted by atomic mass is 9.66. The molecule has 4 heteroatoms. The lowest BCUT2D eigenvalue weighted by molar-refractivity contribution is -0.171. The number of hydrogen-bond acceptors (Lipinski definition) is 3. The summed E-state index contributed by atoms with van der Waals surface area (Å²) in [5.41, 5.74) is -0.651. The smallest absolute Gasteiger partial charge is 0.318 e. The van der Waals surface area contributed by atoms with Gasteiger partial charge in [0.25, 0.3) is 0 Å². The molecule has 1 N–H and O–H groups in total. The fraction of sp³-hybridized carbons (Fsp3) is 1.00. The maximum atomic E-state index is 9.41. The van der Waals surface area contributed by atoms with Crippen LogP contribution in [0.1, 0.15) is 27.7 Å². The molecule has 0 saturated carbocycles. The molecule has 0 spiro atoms. The molecule has 76 valence electrons. The molecule has 3 nitrogen and oxygen atoms in total. The van der Waals surface area contributed by atoms with Gasteiger partial charge in [0.2, 0.25) is 0 Å². The molecule has 1 heterocycles. The highest BCUT2D eigenvalue weighted by Crippen LogP contribution is 2.30. The van der Waals surface area contributed by atoms with E-state index in [9.17, 15) is 5.02 Å². The quantitative estimate of drug-likeness (QED) is 0.576. The Bertz CT molecular complexity index is 180. The Hall–Kier alpha value is -0.0551. The second-order valence-electron chi connectivity index (χ2n) is 4.62. The third kappa shape index (κ3) is 2.45. The molecule has 0 aromatic heterocycles. The predicted octanol–water partition coefficient (Wildman–Crippen LogP) is 1.11. The Kier molecular flexibility index (Phi) is 3.05. The van der Waals surface area contributed by atoms with Gasteiger partial charge in [-0.25, -0.2) is 0 Å². The summed E-state index contributed by atoms with van der Waals surface area (Å²) in [7, 11) is 0. The van der Waals surface area contributed by atoms with Crippen LogP contribution in [0.15, 0.2) is 0 Å². The number of ether oxygens (including phenoxy) is 2.